The number of alkyl halides is 3. The molecule has 1 aromatic heterocycles. The molecule has 0 fully saturated rings. The van der Waals surface area contributed by atoms with E-state index in [0.717, 1.165) is 15.9 Å². The molecule has 4 rings (SSSR count). The van der Waals surface area contributed by atoms with Crippen molar-refractivity contribution in [3.05, 3.63) is 89.2 Å². The van der Waals surface area contributed by atoms with Gasteiger partial charge in [0.15, 0.2) is 0 Å². The molecule has 5 nitrogen and oxygen atoms in total. The lowest BCUT2D eigenvalue weighted by atomic mass is 10.1. The smallest absolute Gasteiger partial charge is 0.312 e. The van der Waals surface area contributed by atoms with Crippen molar-refractivity contribution in [1.29, 1.82) is 0 Å². The molecule has 0 spiro atoms. The highest BCUT2D eigenvalue weighted by molar-refractivity contribution is 7.92. The van der Waals surface area contributed by atoms with Gasteiger partial charge in [-0.3, -0.25) is 0 Å². The van der Waals surface area contributed by atoms with Crippen LogP contribution in [0.15, 0.2) is 71.6 Å². The zero-order valence-electron chi connectivity index (χ0n) is 17.6. The molecule has 0 atom stereocenters. The minimum absolute atomic E-state index is 0.0267. The van der Waals surface area contributed by atoms with E-state index < -0.39 is 34.1 Å². The van der Waals surface area contributed by atoms with Crippen molar-refractivity contribution in [2.24, 2.45) is 7.05 Å². The van der Waals surface area contributed by atoms with E-state index in [4.69, 9.17) is 0 Å². The Labute approximate surface area is 188 Å². The molecule has 3 aromatic carbocycles. The number of aromatic nitrogens is 2. The van der Waals surface area contributed by atoms with Crippen LogP contribution in [-0.2, 0) is 29.8 Å². The fourth-order valence-electron chi connectivity index (χ4n) is 3.60. The molecule has 0 saturated carbocycles. The van der Waals surface area contributed by atoms with Crippen molar-refractivity contribution in [2.45, 2.75) is 24.5 Å². The maximum absolute atomic E-state index is 14.2. The number of hydrogen-bond donors (Lipinski definition) is 0. The highest BCUT2D eigenvalue weighted by atomic mass is 32.2. The summed E-state index contributed by atoms with van der Waals surface area (Å²) in [7, 11) is -2.54. The molecule has 0 aliphatic rings. The first-order chi connectivity index (χ1) is 15.5. The van der Waals surface area contributed by atoms with Gasteiger partial charge in [-0.15, -0.1) is 0 Å². The van der Waals surface area contributed by atoms with Gasteiger partial charge in [0.25, 0.3) is 10.0 Å². The van der Waals surface area contributed by atoms with E-state index in [1.165, 1.54) is 12.1 Å². The monoisotopic (exact) mass is 477 g/mol. The maximum Gasteiger partial charge on any atom is 0.419 e. The number of halogens is 4. The number of nitrogens with zero attached hydrogens (tertiary/aromatic N) is 3. The van der Waals surface area contributed by atoms with Crippen LogP contribution in [-0.4, -0.2) is 18.0 Å². The second-order valence-corrected chi connectivity index (χ2v) is 9.41. The molecule has 0 bridgehead atoms. The van der Waals surface area contributed by atoms with Crippen LogP contribution in [0.2, 0.25) is 0 Å². The molecule has 0 N–H and O–H groups in total. The summed E-state index contributed by atoms with van der Waals surface area (Å²) in [4.78, 5) is 4.49. The maximum atomic E-state index is 14.2. The lowest BCUT2D eigenvalue weighted by Gasteiger charge is -2.24. The molecule has 1 heterocycles. The largest absolute Gasteiger partial charge is 0.419 e. The summed E-state index contributed by atoms with van der Waals surface area (Å²) in [5, 5.41) is 0. The van der Waals surface area contributed by atoms with Gasteiger partial charge in [0.1, 0.15) is 5.82 Å². The zero-order chi connectivity index (χ0) is 24.0. The number of benzene rings is 3. The second-order valence-electron chi connectivity index (χ2n) is 7.55. The van der Waals surface area contributed by atoms with Crippen molar-refractivity contribution >= 4 is 27.0 Å². The van der Waals surface area contributed by atoms with Crippen LogP contribution in [0.25, 0.3) is 11.0 Å². The summed E-state index contributed by atoms with van der Waals surface area (Å²) < 4.78 is 82.8. The second kappa shape index (κ2) is 8.18. The van der Waals surface area contributed by atoms with Crippen molar-refractivity contribution in [2.75, 3.05) is 4.31 Å². The van der Waals surface area contributed by atoms with Crippen LogP contribution in [0.3, 0.4) is 0 Å². The van der Waals surface area contributed by atoms with Gasteiger partial charge in [-0.05, 0) is 48.4 Å². The Morgan fingerprint density at radius 2 is 1.70 bits per heavy atom. The molecular formula is C23H19F4N3O2S. The lowest BCUT2D eigenvalue weighted by molar-refractivity contribution is -0.140. The predicted octanol–water partition coefficient (Wildman–Crippen LogP) is 5.44. The van der Waals surface area contributed by atoms with Gasteiger partial charge in [0, 0.05) is 7.05 Å². The van der Waals surface area contributed by atoms with E-state index in [1.54, 1.807) is 35.9 Å². The number of imidazole rings is 1. The van der Waals surface area contributed by atoms with E-state index in [-0.39, 0.29) is 16.4 Å². The normalized spacial score (nSPS) is 12.3. The van der Waals surface area contributed by atoms with Crippen molar-refractivity contribution in [3.8, 4) is 0 Å². The SMILES string of the molecule is Cc1cccc2c1nc(N(Cc1ccc(C(F)(F)F)c(F)c1)S(=O)(=O)c1ccccc1)n2C. The Morgan fingerprint density at radius 1 is 1.00 bits per heavy atom. The van der Waals surface area contributed by atoms with Gasteiger partial charge in [-0.1, -0.05) is 36.4 Å². The first-order valence-electron chi connectivity index (χ1n) is 9.85. The standard InChI is InChI=1S/C23H19F4N3O2S/c1-15-7-6-10-20-21(15)28-22(29(20)2)30(33(31,32)17-8-4-3-5-9-17)14-16-11-12-18(19(24)13-16)23(25,26)27/h3-13H,14H2,1-2H3. The van der Waals surface area contributed by atoms with Crippen LogP contribution in [0, 0.1) is 12.7 Å². The number of para-hydroxylation sites is 1. The average molecular weight is 477 g/mol. The number of aryl methyl sites for hydroxylation is 2. The number of hydrogen-bond acceptors (Lipinski definition) is 3. The summed E-state index contributed by atoms with van der Waals surface area (Å²) in [6.45, 7) is 1.42. The van der Waals surface area contributed by atoms with E-state index in [2.05, 4.69) is 4.98 Å². The van der Waals surface area contributed by atoms with Crippen LogP contribution >= 0.6 is 0 Å². The number of anilines is 1. The third-order valence-corrected chi connectivity index (χ3v) is 7.05. The molecule has 33 heavy (non-hydrogen) atoms. The molecule has 0 radical (unpaired) electrons. The number of rotatable bonds is 5. The Kier molecular flexibility index (Phi) is 5.65. The molecule has 10 heteroatoms. The topological polar surface area (TPSA) is 55.2 Å². The van der Waals surface area contributed by atoms with Gasteiger partial charge >= 0.3 is 6.18 Å². The highest BCUT2D eigenvalue weighted by Gasteiger charge is 2.35. The van der Waals surface area contributed by atoms with Gasteiger partial charge < -0.3 is 4.57 Å². The summed E-state index contributed by atoms with van der Waals surface area (Å²) >= 11 is 0. The van der Waals surface area contributed by atoms with E-state index in [0.29, 0.717) is 23.2 Å². The first-order valence-corrected chi connectivity index (χ1v) is 11.3. The minimum Gasteiger partial charge on any atom is -0.312 e. The molecule has 4 aromatic rings. The molecule has 172 valence electrons. The van der Waals surface area contributed by atoms with E-state index >= 15 is 0 Å². The van der Waals surface area contributed by atoms with Gasteiger partial charge in [-0.25, -0.2) is 22.1 Å². The fraction of sp³-hybridized carbons (Fsp3) is 0.174. The number of sulfonamides is 1. The van der Waals surface area contributed by atoms with Crippen LogP contribution in [0.5, 0.6) is 0 Å². The lowest BCUT2D eigenvalue weighted by Crippen LogP contribution is -2.32. The molecule has 0 aliphatic heterocycles. The first kappa shape index (κ1) is 22.8. The highest BCUT2D eigenvalue weighted by Crippen LogP contribution is 2.33. The molecular weight excluding hydrogens is 458 g/mol. The summed E-state index contributed by atoms with van der Waals surface area (Å²) in [6.07, 6.45) is -4.85. The summed E-state index contributed by atoms with van der Waals surface area (Å²) in [5.74, 6) is -1.42. The van der Waals surface area contributed by atoms with E-state index in [9.17, 15) is 26.0 Å². The van der Waals surface area contributed by atoms with Gasteiger partial charge in [0.05, 0.1) is 28.0 Å². The predicted molar refractivity (Wildman–Crippen MR) is 117 cm³/mol. The zero-order valence-corrected chi connectivity index (χ0v) is 18.5. The molecule has 0 aliphatic carbocycles. The van der Waals surface area contributed by atoms with Crippen molar-refractivity contribution < 1.29 is 26.0 Å². The number of fused-ring (bicyclic) bond motifs is 1. The minimum atomic E-state index is -4.85. The summed E-state index contributed by atoms with van der Waals surface area (Å²) in [6, 6.07) is 15.4. The Balaban J connectivity index is 1.88. The van der Waals surface area contributed by atoms with Gasteiger partial charge in [-0.2, -0.15) is 13.2 Å². The third-order valence-electron chi connectivity index (χ3n) is 5.31. The van der Waals surface area contributed by atoms with Crippen LogP contribution in [0.4, 0.5) is 23.5 Å². The molecule has 0 saturated heterocycles. The quantitative estimate of drug-likeness (QED) is 0.360. The molecule has 0 unspecified atom stereocenters. The van der Waals surface area contributed by atoms with Crippen molar-refractivity contribution in [1.82, 2.24) is 9.55 Å². The van der Waals surface area contributed by atoms with Crippen molar-refractivity contribution in [3.63, 3.8) is 0 Å². The van der Waals surface area contributed by atoms with Crippen LogP contribution in [0.1, 0.15) is 16.7 Å². The Hall–Kier alpha value is -3.40. The van der Waals surface area contributed by atoms with E-state index in [1.807, 2.05) is 19.1 Å². The average Bonchev–Trinajstić information content (AvgIpc) is 3.09. The Morgan fingerprint density at radius 3 is 2.30 bits per heavy atom. The fourth-order valence-corrected chi connectivity index (χ4v) is 5.05. The van der Waals surface area contributed by atoms with Gasteiger partial charge in [0.2, 0.25) is 5.95 Å². The summed E-state index contributed by atoms with van der Waals surface area (Å²) in [5.41, 5.74) is 0.719. The molecule has 0 amide bonds. The third kappa shape index (κ3) is 4.18. The van der Waals surface area contributed by atoms with Crippen LogP contribution < -0.4 is 4.31 Å². The Bertz CT molecular complexity index is 1430.